The van der Waals surface area contributed by atoms with E-state index >= 15 is 0 Å². The zero-order valence-corrected chi connectivity index (χ0v) is 14.6. The standard InChI is InChI=1S/C15H24BN3O2.ClH/c1-14(2)15(3,4)21-16(20-14)12-5-6-13(18-11-12)19-9-7-17-8-10-19;/h5-6,11,17H,7-10H2,1-4H3;1H. The smallest absolute Gasteiger partial charge is 0.399 e. The van der Waals surface area contributed by atoms with Crippen molar-refractivity contribution in [2.75, 3.05) is 31.1 Å². The van der Waals surface area contributed by atoms with E-state index in [1.807, 2.05) is 6.20 Å². The van der Waals surface area contributed by atoms with Gasteiger partial charge in [-0.3, -0.25) is 0 Å². The molecule has 0 amide bonds. The van der Waals surface area contributed by atoms with E-state index in [0.717, 1.165) is 37.5 Å². The highest BCUT2D eigenvalue weighted by Gasteiger charge is 2.51. The third-order valence-corrected chi connectivity index (χ3v) is 4.74. The molecular formula is C15H25BClN3O2. The van der Waals surface area contributed by atoms with Gasteiger partial charge in [0.1, 0.15) is 5.82 Å². The van der Waals surface area contributed by atoms with Gasteiger partial charge in [0.15, 0.2) is 0 Å². The zero-order valence-electron chi connectivity index (χ0n) is 13.8. The first-order valence-electron chi connectivity index (χ1n) is 7.66. The van der Waals surface area contributed by atoms with Crippen molar-refractivity contribution in [3.8, 4) is 0 Å². The first-order valence-corrected chi connectivity index (χ1v) is 7.66. The average Bonchev–Trinajstić information content (AvgIpc) is 2.69. The number of pyridine rings is 1. The Kier molecular flexibility index (Phi) is 5.07. The minimum atomic E-state index is -0.334. The van der Waals surface area contributed by atoms with Gasteiger partial charge >= 0.3 is 7.12 Å². The maximum Gasteiger partial charge on any atom is 0.496 e. The highest BCUT2D eigenvalue weighted by Crippen LogP contribution is 2.36. The maximum atomic E-state index is 6.05. The van der Waals surface area contributed by atoms with Crippen LogP contribution in [0.2, 0.25) is 0 Å². The number of rotatable bonds is 2. The van der Waals surface area contributed by atoms with Crippen LogP contribution in [-0.2, 0) is 9.31 Å². The highest BCUT2D eigenvalue weighted by atomic mass is 35.5. The molecule has 1 aromatic rings. The van der Waals surface area contributed by atoms with Gasteiger partial charge in [-0.1, -0.05) is 6.07 Å². The third kappa shape index (κ3) is 3.25. The highest BCUT2D eigenvalue weighted by molar-refractivity contribution is 6.62. The number of piperazine rings is 1. The Morgan fingerprint density at radius 2 is 1.68 bits per heavy atom. The predicted molar refractivity (Wildman–Crippen MR) is 92.3 cm³/mol. The summed E-state index contributed by atoms with van der Waals surface area (Å²) in [6.07, 6.45) is 1.87. The maximum absolute atomic E-state index is 6.05. The van der Waals surface area contributed by atoms with Crippen molar-refractivity contribution in [2.45, 2.75) is 38.9 Å². The van der Waals surface area contributed by atoms with Gasteiger partial charge in [0.2, 0.25) is 0 Å². The second-order valence-corrected chi connectivity index (χ2v) is 6.78. The van der Waals surface area contributed by atoms with E-state index < -0.39 is 0 Å². The second-order valence-electron chi connectivity index (χ2n) is 6.78. The topological polar surface area (TPSA) is 46.6 Å². The fourth-order valence-electron chi connectivity index (χ4n) is 2.60. The lowest BCUT2D eigenvalue weighted by Crippen LogP contribution is -2.44. The van der Waals surface area contributed by atoms with Gasteiger partial charge in [-0.15, -0.1) is 12.4 Å². The lowest BCUT2D eigenvalue weighted by atomic mass is 9.80. The molecule has 3 heterocycles. The summed E-state index contributed by atoms with van der Waals surface area (Å²) < 4.78 is 12.1. The summed E-state index contributed by atoms with van der Waals surface area (Å²) in [7, 11) is -0.334. The summed E-state index contributed by atoms with van der Waals surface area (Å²) in [6.45, 7) is 12.3. The molecule has 0 aromatic carbocycles. The average molecular weight is 326 g/mol. The van der Waals surface area contributed by atoms with Crippen LogP contribution >= 0.6 is 12.4 Å². The molecule has 2 aliphatic heterocycles. The van der Waals surface area contributed by atoms with Crippen LogP contribution in [0.1, 0.15) is 27.7 Å². The van der Waals surface area contributed by atoms with E-state index in [-0.39, 0.29) is 30.7 Å². The second kappa shape index (κ2) is 6.36. The van der Waals surface area contributed by atoms with Crippen molar-refractivity contribution in [2.24, 2.45) is 0 Å². The van der Waals surface area contributed by atoms with E-state index in [1.54, 1.807) is 0 Å². The Morgan fingerprint density at radius 3 is 2.18 bits per heavy atom. The van der Waals surface area contributed by atoms with Gasteiger partial charge in [0.25, 0.3) is 0 Å². The van der Waals surface area contributed by atoms with Gasteiger partial charge < -0.3 is 19.5 Å². The van der Waals surface area contributed by atoms with Crippen LogP contribution in [0.4, 0.5) is 5.82 Å². The molecule has 3 rings (SSSR count). The van der Waals surface area contributed by atoms with Crippen molar-refractivity contribution in [3.63, 3.8) is 0 Å². The molecule has 1 aromatic heterocycles. The summed E-state index contributed by atoms with van der Waals surface area (Å²) in [4.78, 5) is 6.88. The van der Waals surface area contributed by atoms with Crippen LogP contribution in [0.3, 0.4) is 0 Å². The molecule has 5 nitrogen and oxygen atoms in total. The van der Waals surface area contributed by atoms with E-state index in [2.05, 4.69) is 55.0 Å². The molecular weight excluding hydrogens is 300 g/mol. The molecule has 0 atom stereocenters. The fourth-order valence-corrected chi connectivity index (χ4v) is 2.60. The third-order valence-electron chi connectivity index (χ3n) is 4.74. The minimum absolute atomic E-state index is 0. The molecule has 1 N–H and O–H groups in total. The van der Waals surface area contributed by atoms with Crippen molar-refractivity contribution in [1.82, 2.24) is 10.3 Å². The Labute approximate surface area is 139 Å². The normalized spacial score (nSPS) is 23.3. The van der Waals surface area contributed by atoms with Crippen molar-refractivity contribution in [3.05, 3.63) is 18.3 Å². The molecule has 0 unspecified atom stereocenters. The molecule has 0 radical (unpaired) electrons. The molecule has 0 spiro atoms. The molecule has 2 saturated heterocycles. The summed E-state index contributed by atoms with van der Waals surface area (Å²) >= 11 is 0. The lowest BCUT2D eigenvalue weighted by Gasteiger charge is -2.32. The van der Waals surface area contributed by atoms with Gasteiger partial charge in [0.05, 0.1) is 11.2 Å². The monoisotopic (exact) mass is 325 g/mol. The first kappa shape index (κ1) is 17.5. The zero-order chi connectivity index (χ0) is 15.1. The number of hydrogen-bond acceptors (Lipinski definition) is 5. The quantitative estimate of drug-likeness (QED) is 0.828. The van der Waals surface area contributed by atoms with E-state index in [9.17, 15) is 0 Å². The molecule has 0 saturated carbocycles. The van der Waals surface area contributed by atoms with Crippen LogP contribution in [0.15, 0.2) is 18.3 Å². The Bertz CT molecular complexity index is 488. The predicted octanol–water partition coefficient (Wildman–Crippen LogP) is 1.21. The molecule has 22 heavy (non-hydrogen) atoms. The number of anilines is 1. The van der Waals surface area contributed by atoms with E-state index in [4.69, 9.17) is 9.31 Å². The molecule has 0 aliphatic carbocycles. The van der Waals surface area contributed by atoms with Gasteiger partial charge in [-0.25, -0.2) is 4.98 Å². The Morgan fingerprint density at radius 1 is 1.09 bits per heavy atom. The van der Waals surface area contributed by atoms with Crippen molar-refractivity contribution >= 4 is 30.8 Å². The Hall–Kier alpha value is -0.815. The number of nitrogens with zero attached hydrogens (tertiary/aromatic N) is 2. The van der Waals surface area contributed by atoms with Crippen LogP contribution in [0.5, 0.6) is 0 Å². The van der Waals surface area contributed by atoms with Crippen molar-refractivity contribution < 1.29 is 9.31 Å². The number of halogens is 1. The molecule has 2 aliphatic rings. The number of hydrogen-bond donors (Lipinski definition) is 1. The Balaban J connectivity index is 0.00000176. The number of nitrogens with one attached hydrogen (secondary N) is 1. The van der Waals surface area contributed by atoms with Gasteiger partial charge in [-0.2, -0.15) is 0 Å². The molecule has 0 bridgehead atoms. The number of aromatic nitrogens is 1. The summed E-state index contributed by atoms with van der Waals surface area (Å²) in [6, 6.07) is 4.12. The SMILES string of the molecule is CC1(C)OB(c2ccc(N3CCNCC3)nc2)OC1(C)C.Cl. The summed E-state index contributed by atoms with van der Waals surface area (Å²) in [5.74, 6) is 1.02. The lowest BCUT2D eigenvalue weighted by molar-refractivity contribution is 0.00578. The molecule has 7 heteroatoms. The van der Waals surface area contributed by atoms with Crippen LogP contribution in [0, 0.1) is 0 Å². The van der Waals surface area contributed by atoms with Gasteiger partial charge in [0, 0.05) is 37.8 Å². The van der Waals surface area contributed by atoms with Gasteiger partial charge in [-0.05, 0) is 33.8 Å². The fraction of sp³-hybridized carbons (Fsp3) is 0.667. The molecule has 2 fully saturated rings. The van der Waals surface area contributed by atoms with Crippen LogP contribution in [-0.4, -0.2) is 49.5 Å². The van der Waals surface area contributed by atoms with Crippen molar-refractivity contribution in [1.29, 1.82) is 0 Å². The van der Waals surface area contributed by atoms with Crippen LogP contribution < -0.4 is 15.7 Å². The van der Waals surface area contributed by atoms with E-state index in [1.165, 1.54) is 0 Å². The minimum Gasteiger partial charge on any atom is -0.399 e. The first-order chi connectivity index (χ1) is 9.89. The summed E-state index contributed by atoms with van der Waals surface area (Å²) in [5, 5.41) is 3.35. The molecule has 122 valence electrons. The van der Waals surface area contributed by atoms with E-state index in [0.29, 0.717) is 0 Å². The summed E-state index contributed by atoms with van der Waals surface area (Å²) in [5.41, 5.74) is 0.358. The van der Waals surface area contributed by atoms with Crippen LogP contribution in [0.25, 0.3) is 0 Å². The largest absolute Gasteiger partial charge is 0.496 e.